The number of Topliss-reactive ketones (excluding diaryl/α,β-unsaturated/α-hetero) is 1. The first-order valence-corrected chi connectivity index (χ1v) is 5.03. The highest BCUT2D eigenvalue weighted by atomic mass is 16.2. The van der Waals surface area contributed by atoms with Crippen LogP contribution in [0, 0.1) is 0 Å². The number of amides is 1. The highest BCUT2D eigenvalue weighted by Crippen LogP contribution is 1.88. The van der Waals surface area contributed by atoms with Crippen LogP contribution in [-0.4, -0.2) is 30.3 Å². The fraction of sp³-hybridized carbons (Fsp3) is 0.800. The lowest BCUT2D eigenvalue weighted by Gasteiger charge is -2.16. The third-order valence-electron chi connectivity index (χ3n) is 2.06. The quantitative estimate of drug-likeness (QED) is 0.655. The van der Waals surface area contributed by atoms with Crippen molar-refractivity contribution in [2.75, 3.05) is 6.54 Å². The Bertz CT molecular complexity index is 204. The molecule has 82 valence electrons. The van der Waals surface area contributed by atoms with Crippen LogP contribution >= 0.6 is 0 Å². The Labute approximate surface area is 85.4 Å². The van der Waals surface area contributed by atoms with Gasteiger partial charge in [0.15, 0.2) is 5.78 Å². The SMILES string of the molecule is CCCNC(C)C(=O)NC(C)C(C)=O. The molecule has 0 saturated carbocycles. The standard InChI is InChI=1S/C10H20N2O2/c1-5-6-11-8(3)10(14)12-7(2)9(4)13/h7-8,11H,5-6H2,1-4H3,(H,12,14). The molecule has 0 fully saturated rings. The number of hydrogen-bond acceptors (Lipinski definition) is 3. The Morgan fingerprint density at radius 3 is 2.21 bits per heavy atom. The molecule has 0 aliphatic rings. The van der Waals surface area contributed by atoms with Crippen molar-refractivity contribution in [1.29, 1.82) is 0 Å². The van der Waals surface area contributed by atoms with E-state index in [1.165, 1.54) is 6.92 Å². The fourth-order valence-corrected chi connectivity index (χ4v) is 0.894. The first-order chi connectivity index (χ1) is 6.49. The smallest absolute Gasteiger partial charge is 0.237 e. The average Bonchev–Trinajstić information content (AvgIpc) is 2.13. The topological polar surface area (TPSA) is 58.2 Å². The van der Waals surface area contributed by atoms with Crippen molar-refractivity contribution in [2.24, 2.45) is 0 Å². The molecular formula is C10H20N2O2. The highest BCUT2D eigenvalue weighted by molar-refractivity contribution is 5.89. The van der Waals surface area contributed by atoms with E-state index in [2.05, 4.69) is 10.6 Å². The molecule has 0 heterocycles. The first kappa shape index (κ1) is 13.1. The van der Waals surface area contributed by atoms with E-state index in [9.17, 15) is 9.59 Å². The van der Waals surface area contributed by atoms with Crippen molar-refractivity contribution in [3.8, 4) is 0 Å². The summed E-state index contributed by atoms with van der Waals surface area (Å²) in [5.41, 5.74) is 0. The van der Waals surface area contributed by atoms with Crippen LogP contribution < -0.4 is 10.6 Å². The van der Waals surface area contributed by atoms with Crippen LogP contribution in [0.5, 0.6) is 0 Å². The fourth-order valence-electron chi connectivity index (χ4n) is 0.894. The molecule has 4 heteroatoms. The van der Waals surface area contributed by atoms with Gasteiger partial charge in [-0.2, -0.15) is 0 Å². The number of hydrogen-bond donors (Lipinski definition) is 2. The van der Waals surface area contributed by atoms with Crippen molar-refractivity contribution in [3.63, 3.8) is 0 Å². The molecule has 0 bridgehead atoms. The van der Waals surface area contributed by atoms with Crippen LogP contribution in [0.3, 0.4) is 0 Å². The second-order valence-electron chi connectivity index (χ2n) is 3.52. The molecule has 0 aliphatic carbocycles. The maximum absolute atomic E-state index is 11.4. The van der Waals surface area contributed by atoms with E-state index >= 15 is 0 Å². The molecule has 2 N–H and O–H groups in total. The summed E-state index contributed by atoms with van der Waals surface area (Å²) >= 11 is 0. The number of rotatable bonds is 6. The summed E-state index contributed by atoms with van der Waals surface area (Å²) < 4.78 is 0. The Kier molecular flexibility index (Phi) is 6.12. The summed E-state index contributed by atoms with van der Waals surface area (Å²) in [5.74, 6) is -0.151. The Morgan fingerprint density at radius 2 is 1.79 bits per heavy atom. The molecule has 0 spiro atoms. The molecule has 4 nitrogen and oxygen atoms in total. The van der Waals surface area contributed by atoms with Crippen LogP contribution in [0.1, 0.15) is 34.1 Å². The van der Waals surface area contributed by atoms with Gasteiger partial charge in [0, 0.05) is 0 Å². The van der Waals surface area contributed by atoms with Crippen LogP contribution in [0.4, 0.5) is 0 Å². The van der Waals surface area contributed by atoms with Gasteiger partial charge in [0.05, 0.1) is 12.1 Å². The van der Waals surface area contributed by atoms with Crippen LogP contribution in [0.25, 0.3) is 0 Å². The van der Waals surface area contributed by atoms with Gasteiger partial charge >= 0.3 is 0 Å². The van der Waals surface area contributed by atoms with Crippen molar-refractivity contribution in [2.45, 2.75) is 46.2 Å². The van der Waals surface area contributed by atoms with Crippen molar-refractivity contribution >= 4 is 11.7 Å². The molecule has 0 rings (SSSR count). The number of carbonyl (C=O) groups is 2. The zero-order valence-electron chi connectivity index (χ0n) is 9.39. The van der Waals surface area contributed by atoms with Crippen LogP contribution in [-0.2, 0) is 9.59 Å². The van der Waals surface area contributed by atoms with Gasteiger partial charge < -0.3 is 10.6 Å². The Hall–Kier alpha value is -0.900. The molecule has 0 saturated heterocycles. The lowest BCUT2D eigenvalue weighted by atomic mass is 10.2. The molecular weight excluding hydrogens is 180 g/mol. The van der Waals surface area contributed by atoms with E-state index < -0.39 is 6.04 Å². The Balaban J connectivity index is 3.88. The normalized spacial score (nSPS) is 14.6. The minimum absolute atomic E-state index is 0.0268. The third-order valence-corrected chi connectivity index (χ3v) is 2.06. The van der Waals surface area contributed by atoms with E-state index in [4.69, 9.17) is 0 Å². The predicted octanol–water partition coefficient (Wildman–Crippen LogP) is 0.468. The number of ketones is 1. The van der Waals surface area contributed by atoms with E-state index in [1.807, 2.05) is 6.92 Å². The van der Waals surface area contributed by atoms with Gasteiger partial charge in [0.2, 0.25) is 5.91 Å². The van der Waals surface area contributed by atoms with Gasteiger partial charge in [-0.1, -0.05) is 6.92 Å². The molecule has 2 unspecified atom stereocenters. The summed E-state index contributed by atoms with van der Waals surface area (Å²) in [7, 11) is 0. The van der Waals surface area contributed by atoms with Gasteiger partial charge in [-0.15, -0.1) is 0 Å². The second kappa shape index (κ2) is 6.54. The van der Waals surface area contributed by atoms with Crippen molar-refractivity contribution in [1.82, 2.24) is 10.6 Å². The van der Waals surface area contributed by atoms with Crippen LogP contribution in [0.15, 0.2) is 0 Å². The summed E-state index contributed by atoms with van der Waals surface area (Å²) in [4.78, 5) is 22.3. The largest absolute Gasteiger partial charge is 0.345 e. The zero-order valence-corrected chi connectivity index (χ0v) is 9.39. The molecule has 0 aromatic heterocycles. The monoisotopic (exact) mass is 200 g/mol. The minimum atomic E-state index is -0.395. The summed E-state index contributed by atoms with van der Waals surface area (Å²) in [6.45, 7) is 7.79. The summed E-state index contributed by atoms with van der Waals surface area (Å²) in [6.07, 6.45) is 0.986. The second-order valence-corrected chi connectivity index (χ2v) is 3.52. The highest BCUT2D eigenvalue weighted by Gasteiger charge is 2.15. The first-order valence-electron chi connectivity index (χ1n) is 5.03. The molecule has 0 aromatic carbocycles. The van der Waals surface area contributed by atoms with E-state index in [1.54, 1.807) is 13.8 Å². The lowest BCUT2D eigenvalue weighted by Crippen LogP contribution is -2.47. The van der Waals surface area contributed by atoms with E-state index in [-0.39, 0.29) is 17.7 Å². The average molecular weight is 200 g/mol. The van der Waals surface area contributed by atoms with Gasteiger partial charge in [0.25, 0.3) is 0 Å². The van der Waals surface area contributed by atoms with Crippen molar-refractivity contribution in [3.05, 3.63) is 0 Å². The number of carbonyl (C=O) groups excluding carboxylic acids is 2. The third kappa shape index (κ3) is 4.97. The van der Waals surface area contributed by atoms with Crippen molar-refractivity contribution < 1.29 is 9.59 Å². The molecule has 0 aliphatic heterocycles. The molecule has 2 atom stereocenters. The van der Waals surface area contributed by atoms with E-state index in [0.29, 0.717) is 0 Å². The Morgan fingerprint density at radius 1 is 1.21 bits per heavy atom. The molecule has 0 radical (unpaired) electrons. The maximum Gasteiger partial charge on any atom is 0.237 e. The summed E-state index contributed by atoms with van der Waals surface area (Å²) in [6, 6.07) is -0.634. The van der Waals surface area contributed by atoms with Gasteiger partial charge in [-0.05, 0) is 33.7 Å². The van der Waals surface area contributed by atoms with Crippen LogP contribution in [0.2, 0.25) is 0 Å². The van der Waals surface area contributed by atoms with Gasteiger partial charge in [-0.25, -0.2) is 0 Å². The summed E-state index contributed by atoms with van der Waals surface area (Å²) in [5, 5.41) is 5.69. The van der Waals surface area contributed by atoms with E-state index in [0.717, 1.165) is 13.0 Å². The lowest BCUT2D eigenvalue weighted by molar-refractivity contribution is -0.127. The van der Waals surface area contributed by atoms with Gasteiger partial charge in [-0.3, -0.25) is 9.59 Å². The molecule has 14 heavy (non-hydrogen) atoms. The zero-order chi connectivity index (χ0) is 11.1. The minimum Gasteiger partial charge on any atom is -0.345 e. The predicted molar refractivity (Wildman–Crippen MR) is 56.0 cm³/mol. The van der Waals surface area contributed by atoms with Gasteiger partial charge in [0.1, 0.15) is 0 Å². The molecule has 0 aromatic rings. The molecule has 1 amide bonds. The number of nitrogens with one attached hydrogen (secondary N) is 2. The maximum atomic E-state index is 11.4.